The van der Waals surface area contributed by atoms with E-state index in [-0.39, 0.29) is 5.56 Å². The third-order valence-electron chi connectivity index (χ3n) is 5.47. The maximum absolute atomic E-state index is 11.4. The van der Waals surface area contributed by atoms with Crippen molar-refractivity contribution in [3.63, 3.8) is 0 Å². The van der Waals surface area contributed by atoms with Crippen LogP contribution < -0.4 is 4.74 Å². The van der Waals surface area contributed by atoms with Crippen LogP contribution in [0.2, 0.25) is 5.02 Å². The Balaban J connectivity index is 2.09. The highest BCUT2D eigenvalue weighted by atomic mass is 35.5. The smallest absolute Gasteiger partial charge is 0.222 e. The minimum Gasteiger partial charge on any atom is -0.497 e. The van der Waals surface area contributed by atoms with E-state index >= 15 is 0 Å². The van der Waals surface area contributed by atoms with Gasteiger partial charge in [-0.2, -0.15) is 0 Å². The number of benzene rings is 2. The summed E-state index contributed by atoms with van der Waals surface area (Å²) >= 11 is 6.50. The molecule has 2 aromatic rings. The first kappa shape index (κ1) is 23.0. The molecule has 0 saturated carbocycles. The molecule has 2 aromatic carbocycles. The van der Waals surface area contributed by atoms with Gasteiger partial charge in [0.15, 0.2) is 0 Å². The molecule has 1 aliphatic rings. The van der Waals surface area contributed by atoms with Crippen molar-refractivity contribution in [1.82, 2.24) is 0 Å². The average Bonchev–Trinajstić information content (AvgIpc) is 2.71. The first-order valence-electron chi connectivity index (χ1n) is 9.63. The fraction of sp³-hybridized carbons (Fsp3) is 0.455. The van der Waals surface area contributed by atoms with Gasteiger partial charge in [-0.05, 0) is 55.2 Å². The number of rotatable bonds is 5. The van der Waals surface area contributed by atoms with Crippen LogP contribution in [0, 0.1) is 6.92 Å². The number of hydrogen-bond donors (Lipinski definition) is 5. The molecule has 1 heterocycles. The predicted octanol–water partition coefficient (Wildman–Crippen LogP) is 1.26. The Morgan fingerprint density at radius 1 is 1.13 bits per heavy atom. The molecule has 0 aliphatic carbocycles. The summed E-state index contributed by atoms with van der Waals surface area (Å²) in [4.78, 5) is 0. The van der Waals surface area contributed by atoms with Gasteiger partial charge in [-0.15, -0.1) is 0 Å². The van der Waals surface area contributed by atoms with E-state index < -0.39 is 36.3 Å². The summed E-state index contributed by atoms with van der Waals surface area (Å²) in [5.41, 5.74) is 2.21. The van der Waals surface area contributed by atoms with E-state index in [4.69, 9.17) is 21.1 Å². The second-order valence-electron chi connectivity index (χ2n) is 7.74. The van der Waals surface area contributed by atoms with Crippen LogP contribution in [0.1, 0.15) is 29.2 Å². The molecule has 1 fully saturated rings. The fourth-order valence-electron chi connectivity index (χ4n) is 3.78. The lowest BCUT2D eigenvalue weighted by atomic mass is 9.83. The lowest BCUT2D eigenvalue weighted by molar-refractivity contribution is -0.364. The van der Waals surface area contributed by atoms with Gasteiger partial charge in [0, 0.05) is 10.6 Å². The normalized spacial score (nSPS) is 30.2. The zero-order valence-electron chi connectivity index (χ0n) is 17.0. The Hall–Kier alpha value is -1.71. The number of methoxy groups -OCH3 is 1. The summed E-state index contributed by atoms with van der Waals surface area (Å²) in [6, 6.07) is 10.6. The van der Waals surface area contributed by atoms with E-state index in [1.807, 2.05) is 12.1 Å². The van der Waals surface area contributed by atoms with Crippen molar-refractivity contribution >= 4 is 11.6 Å². The summed E-state index contributed by atoms with van der Waals surface area (Å²) in [7, 11) is 1.57. The molecule has 6 atom stereocenters. The molecule has 5 N–H and O–H groups in total. The minimum atomic E-state index is -2.39. The van der Waals surface area contributed by atoms with E-state index in [1.165, 1.54) is 6.92 Å². The molecule has 30 heavy (non-hydrogen) atoms. The highest BCUT2D eigenvalue weighted by molar-refractivity contribution is 6.31. The second-order valence-corrected chi connectivity index (χ2v) is 8.15. The maximum atomic E-state index is 11.4. The number of halogens is 1. The molecule has 0 radical (unpaired) electrons. The first-order chi connectivity index (χ1) is 14.1. The number of hydrogen-bond acceptors (Lipinski definition) is 7. The number of aliphatic hydroxyl groups is 5. The van der Waals surface area contributed by atoms with Crippen molar-refractivity contribution in [3.05, 3.63) is 63.7 Å². The molecular weight excluding hydrogens is 412 g/mol. The zero-order valence-corrected chi connectivity index (χ0v) is 17.7. The maximum Gasteiger partial charge on any atom is 0.222 e. The van der Waals surface area contributed by atoms with Crippen LogP contribution in [-0.4, -0.2) is 63.2 Å². The highest BCUT2D eigenvalue weighted by Crippen LogP contribution is 2.41. The highest BCUT2D eigenvalue weighted by Gasteiger charge is 2.55. The third-order valence-corrected chi connectivity index (χ3v) is 5.81. The van der Waals surface area contributed by atoms with Crippen LogP contribution in [0.15, 0.2) is 36.4 Å². The molecule has 0 bridgehead atoms. The second kappa shape index (κ2) is 8.80. The Bertz CT molecular complexity index is 886. The topological polar surface area (TPSA) is 120 Å². The predicted molar refractivity (Wildman–Crippen MR) is 110 cm³/mol. The summed E-state index contributed by atoms with van der Waals surface area (Å²) in [6.45, 7) is 3.13. The Labute approximate surface area is 180 Å². The average molecular weight is 439 g/mol. The van der Waals surface area contributed by atoms with Gasteiger partial charge in [0.2, 0.25) is 5.79 Å². The van der Waals surface area contributed by atoms with Gasteiger partial charge >= 0.3 is 0 Å². The van der Waals surface area contributed by atoms with Crippen molar-refractivity contribution < 1.29 is 35.0 Å². The van der Waals surface area contributed by atoms with Crippen LogP contribution >= 0.6 is 11.6 Å². The number of aliphatic hydroxyl groups excluding tert-OH is 4. The van der Waals surface area contributed by atoms with Crippen LogP contribution in [-0.2, 0) is 16.9 Å². The number of ether oxygens (including phenoxy) is 2. The SMILES string of the molecule is COc1ccc(Cc2c(Cl)cc(C)cc2[C@@]2(O)O[C@H]([C@H](C)O)[C@@H](O)[C@H](O)[C@H]2O)cc1. The van der Waals surface area contributed by atoms with Crippen molar-refractivity contribution in [2.75, 3.05) is 7.11 Å². The zero-order chi connectivity index (χ0) is 22.2. The Kier molecular flexibility index (Phi) is 6.74. The van der Waals surface area contributed by atoms with Crippen LogP contribution in [0.25, 0.3) is 0 Å². The Morgan fingerprint density at radius 3 is 2.33 bits per heavy atom. The standard InChI is InChI=1S/C22H27ClO7/c1-11-8-16(22(28)21(27)19(26)18(25)20(30-22)12(2)24)15(17(23)9-11)10-13-4-6-14(29-3)7-5-13/h4-9,12,18-21,24-28H,10H2,1-3H3/t12-,18-,19-,20+,21+,22+/m0/s1. The van der Waals surface area contributed by atoms with Gasteiger partial charge in [-0.3, -0.25) is 0 Å². The lowest BCUT2D eigenvalue weighted by Gasteiger charge is -2.47. The van der Waals surface area contributed by atoms with Gasteiger partial charge < -0.3 is 35.0 Å². The fourth-order valence-corrected chi connectivity index (χ4v) is 4.13. The summed E-state index contributed by atoms with van der Waals surface area (Å²) in [5, 5.41) is 52.8. The van der Waals surface area contributed by atoms with Crippen molar-refractivity contribution in [1.29, 1.82) is 0 Å². The Morgan fingerprint density at radius 2 is 1.77 bits per heavy atom. The lowest BCUT2D eigenvalue weighted by Crippen LogP contribution is -2.65. The summed E-state index contributed by atoms with van der Waals surface area (Å²) in [6.07, 6.45) is -7.41. The van der Waals surface area contributed by atoms with E-state index in [0.717, 1.165) is 5.56 Å². The molecule has 1 saturated heterocycles. The number of aryl methyl sites for hydroxylation is 1. The molecular formula is C22H27ClO7. The van der Waals surface area contributed by atoms with E-state index in [0.29, 0.717) is 28.3 Å². The summed E-state index contributed by atoms with van der Waals surface area (Å²) in [5.74, 6) is -1.70. The first-order valence-corrected chi connectivity index (χ1v) is 10.0. The van der Waals surface area contributed by atoms with Gasteiger partial charge in [-0.25, -0.2) is 0 Å². The van der Waals surface area contributed by atoms with Gasteiger partial charge in [-0.1, -0.05) is 29.8 Å². The van der Waals surface area contributed by atoms with Crippen molar-refractivity contribution in [3.8, 4) is 5.75 Å². The van der Waals surface area contributed by atoms with E-state index in [9.17, 15) is 25.5 Å². The van der Waals surface area contributed by atoms with Crippen molar-refractivity contribution in [2.45, 2.75) is 56.6 Å². The van der Waals surface area contributed by atoms with Crippen LogP contribution in [0.4, 0.5) is 0 Å². The van der Waals surface area contributed by atoms with Gasteiger partial charge in [0.05, 0.1) is 13.2 Å². The monoisotopic (exact) mass is 438 g/mol. The third kappa shape index (κ3) is 4.20. The van der Waals surface area contributed by atoms with Gasteiger partial charge in [0.1, 0.15) is 30.2 Å². The molecule has 7 nitrogen and oxygen atoms in total. The largest absolute Gasteiger partial charge is 0.497 e. The van der Waals surface area contributed by atoms with E-state index in [1.54, 1.807) is 38.3 Å². The molecule has 8 heteroatoms. The molecule has 0 spiro atoms. The summed E-state index contributed by atoms with van der Waals surface area (Å²) < 4.78 is 10.8. The van der Waals surface area contributed by atoms with Gasteiger partial charge in [0.25, 0.3) is 0 Å². The van der Waals surface area contributed by atoms with Crippen LogP contribution in [0.3, 0.4) is 0 Å². The molecule has 0 unspecified atom stereocenters. The molecule has 0 aromatic heterocycles. The molecule has 3 rings (SSSR count). The quantitative estimate of drug-likeness (QED) is 0.476. The van der Waals surface area contributed by atoms with Crippen molar-refractivity contribution in [2.24, 2.45) is 0 Å². The van der Waals surface area contributed by atoms with E-state index in [2.05, 4.69) is 0 Å². The minimum absolute atomic E-state index is 0.160. The molecule has 1 aliphatic heterocycles. The molecule has 0 amide bonds. The molecule has 164 valence electrons. The van der Waals surface area contributed by atoms with Crippen LogP contribution in [0.5, 0.6) is 5.75 Å².